The lowest BCUT2D eigenvalue weighted by Gasteiger charge is -2.10. The third-order valence-electron chi connectivity index (χ3n) is 3.40. The Bertz CT molecular complexity index is 815. The van der Waals surface area contributed by atoms with E-state index in [2.05, 4.69) is 5.32 Å². The van der Waals surface area contributed by atoms with Gasteiger partial charge in [-0.1, -0.05) is 6.07 Å². The van der Waals surface area contributed by atoms with E-state index in [1.54, 1.807) is 23.5 Å². The molecule has 0 bridgehead atoms. The van der Waals surface area contributed by atoms with Crippen LogP contribution in [0.25, 0.3) is 9.75 Å². The second-order valence-corrected chi connectivity index (χ2v) is 8.35. The van der Waals surface area contributed by atoms with Crippen LogP contribution in [0.15, 0.2) is 58.8 Å². The monoisotopic (exact) mass is 393 g/mol. The number of halogens is 1. The molecule has 0 aliphatic rings. The van der Waals surface area contributed by atoms with Crippen LogP contribution in [0, 0.1) is 5.82 Å². The fraction of sp³-hybridized carbons (Fsp3) is 0.167. The Kier molecular flexibility index (Phi) is 6.25. The third-order valence-corrected chi connectivity index (χ3v) is 6.66. The SMILES string of the molecule is O=C(CSc1ccc(F)cc1)NCC(O)c1ccc(-c2cccs2)s1. The number of aliphatic hydroxyl groups is 1. The van der Waals surface area contributed by atoms with Gasteiger partial charge in [0.15, 0.2) is 0 Å². The summed E-state index contributed by atoms with van der Waals surface area (Å²) >= 11 is 4.52. The summed E-state index contributed by atoms with van der Waals surface area (Å²) in [5.41, 5.74) is 0. The second-order valence-electron chi connectivity index (χ2n) is 5.24. The van der Waals surface area contributed by atoms with Crippen LogP contribution in [0.1, 0.15) is 11.0 Å². The van der Waals surface area contributed by atoms with Crippen LogP contribution >= 0.6 is 34.4 Å². The van der Waals surface area contributed by atoms with Crippen molar-refractivity contribution in [1.29, 1.82) is 0 Å². The van der Waals surface area contributed by atoms with Gasteiger partial charge in [-0.25, -0.2) is 4.39 Å². The molecule has 0 aliphatic carbocycles. The maximum Gasteiger partial charge on any atom is 0.230 e. The highest BCUT2D eigenvalue weighted by Gasteiger charge is 2.13. The van der Waals surface area contributed by atoms with E-state index in [9.17, 15) is 14.3 Å². The normalized spacial score (nSPS) is 12.1. The Hall–Kier alpha value is -1.67. The standard InChI is InChI=1S/C18H16FNO2S3/c19-12-3-5-13(6-4-12)24-11-18(22)20-10-14(21)15-7-8-17(25-15)16-2-1-9-23-16/h1-9,14,21H,10-11H2,(H,20,22). The summed E-state index contributed by atoms with van der Waals surface area (Å²) < 4.78 is 12.8. The lowest BCUT2D eigenvalue weighted by Crippen LogP contribution is -2.29. The third kappa shape index (κ3) is 5.15. The number of hydrogen-bond acceptors (Lipinski definition) is 5. The quantitative estimate of drug-likeness (QED) is 0.579. The summed E-state index contributed by atoms with van der Waals surface area (Å²) in [4.78, 5) is 15.8. The molecule has 130 valence electrons. The van der Waals surface area contributed by atoms with E-state index in [1.165, 1.54) is 40.1 Å². The second kappa shape index (κ2) is 8.62. The Morgan fingerprint density at radius 1 is 1.16 bits per heavy atom. The van der Waals surface area contributed by atoms with Crippen LogP contribution in [-0.2, 0) is 4.79 Å². The van der Waals surface area contributed by atoms with Crippen LogP contribution in [0.2, 0.25) is 0 Å². The molecule has 2 heterocycles. The highest BCUT2D eigenvalue weighted by molar-refractivity contribution is 8.00. The highest BCUT2D eigenvalue weighted by Crippen LogP contribution is 2.33. The first-order chi connectivity index (χ1) is 12.1. The van der Waals surface area contributed by atoms with E-state index < -0.39 is 6.10 Å². The van der Waals surface area contributed by atoms with Crippen LogP contribution in [0.3, 0.4) is 0 Å². The predicted molar refractivity (Wildman–Crippen MR) is 103 cm³/mol. The molecule has 0 saturated carbocycles. The lowest BCUT2D eigenvalue weighted by molar-refractivity contribution is -0.119. The smallest absolute Gasteiger partial charge is 0.230 e. The van der Waals surface area contributed by atoms with Gasteiger partial charge in [-0.3, -0.25) is 4.79 Å². The van der Waals surface area contributed by atoms with Crippen molar-refractivity contribution in [2.24, 2.45) is 0 Å². The van der Waals surface area contributed by atoms with Gasteiger partial charge in [-0.05, 0) is 47.8 Å². The molecule has 0 radical (unpaired) electrons. The minimum Gasteiger partial charge on any atom is -0.386 e. The van der Waals surface area contributed by atoms with Gasteiger partial charge >= 0.3 is 0 Å². The van der Waals surface area contributed by atoms with Crippen LogP contribution in [0.4, 0.5) is 4.39 Å². The zero-order chi connectivity index (χ0) is 17.6. The molecule has 0 fully saturated rings. The number of carbonyl (C=O) groups excluding carboxylic acids is 1. The van der Waals surface area contributed by atoms with E-state index in [4.69, 9.17) is 0 Å². The van der Waals surface area contributed by atoms with Gasteiger partial charge < -0.3 is 10.4 Å². The van der Waals surface area contributed by atoms with Crippen molar-refractivity contribution in [3.8, 4) is 9.75 Å². The Labute approximate surface area is 157 Å². The summed E-state index contributed by atoms with van der Waals surface area (Å²) in [6, 6.07) is 13.9. The van der Waals surface area contributed by atoms with Crippen molar-refractivity contribution in [3.63, 3.8) is 0 Å². The number of thiophene rings is 2. The minimum absolute atomic E-state index is 0.164. The van der Waals surface area contributed by atoms with Gasteiger partial charge in [-0.15, -0.1) is 34.4 Å². The molecule has 3 aromatic rings. The summed E-state index contributed by atoms with van der Waals surface area (Å²) in [5.74, 6) is -0.235. The number of rotatable bonds is 7. The first kappa shape index (κ1) is 18.1. The molecule has 1 atom stereocenters. The number of carbonyl (C=O) groups is 1. The maximum absolute atomic E-state index is 12.8. The van der Waals surface area contributed by atoms with E-state index in [0.29, 0.717) is 0 Å². The van der Waals surface area contributed by atoms with Crippen molar-refractivity contribution in [2.75, 3.05) is 12.3 Å². The summed E-state index contributed by atoms with van der Waals surface area (Å²) in [6.45, 7) is 0.174. The fourth-order valence-electron chi connectivity index (χ4n) is 2.12. The van der Waals surface area contributed by atoms with Gasteiger partial charge in [0.1, 0.15) is 11.9 Å². The van der Waals surface area contributed by atoms with Crippen molar-refractivity contribution in [1.82, 2.24) is 5.32 Å². The Balaban J connectivity index is 1.46. The molecule has 25 heavy (non-hydrogen) atoms. The van der Waals surface area contributed by atoms with Crippen LogP contribution in [0.5, 0.6) is 0 Å². The molecule has 7 heteroatoms. The molecule has 3 nitrogen and oxygen atoms in total. The van der Waals surface area contributed by atoms with Gasteiger partial charge in [0.25, 0.3) is 0 Å². The fourth-order valence-corrected chi connectivity index (χ4v) is 4.68. The zero-order valence-corrected chi connectivity index (χ0v) is 15.6. The first-order valence-corrected chi connectivity index (χ1v) is 10.3. The molecule has 3 rings (SSSR count). The highest BCUT2D eigenvalue weighted by atomic mass is 32.2. The number of aliphatic hydroxyl groups excluding tert-OH is 1. The minimum atomic E-state index is -0.724. The van der Waals surface area contributed by atoms with Crippen LogP contribution in [-0.4, -0.2) is 23.3 Å². The Morgan fingerprint density at radius 2 is 1.96 bits per heavy atom. The maximum atomic E-state index is 12.8. The number of amides is 1. The molecule has 2 aromatic heterocycles. The number of thioether (sulfide) groups is 1. The molecule has 1 unspecified atom stereocenters. The summed E-state index contributed by atoms with van der Waals surface area (Å²) in [7, 11) is 0. The lowest BCUT2D eigenvalue weighted by atomic mass is 10.3. The number of benzene rings is 1. The molecular formula is C18H16FNO2S3. The summed E-state index contributed by atoms with van der Waals surface area (Å²) in [5, 5.41) is 15.0. The van der Waals surface area contributed by atoms with Gasteiger partial charge in [0.05, 0.1) is 5.75 Å². The van der Waals surface area contributed by atoms with Crippen molar-refractivity contribution in [3.05, 3.63) is 64.6 Å². The average molecular weight is 394 g/mol. The van der Waals surface area contributed by atoms with Crippen molar-refractivity contribution >= 4 is 40.3 Å². The van der Waals surface area contributed by atoms with E-state index in [1.807, 2.05) is 29.6 Å². The van der Waals surface area contributed by atoms with E-state index in [-0.39, 0.29) is 24.0 Å². The first-order valence-electron chi connectivity index (χ1n) is 7.58. The zero-order valence-electron chi connectivity index (χ0n) is 13.1. The van der Waals surface area contributed by atoms with Gasteiger partial charge in [0, 0.05) is 26.1 Å². The van der Waals surface area contributed by atoms with Crippen molar-refractivity contribution in [2.45, 2.75) is 11.0 Å². The molecule has 0 aliphatic heterocycles. The van der Waals surface area contributed by atoms with Crippen LogP contribution < -0.4 is 5.32 Å². The average Bonchev–Trinajstić information content (AvgIpc) is 3.30. The van der Waals surface area contributed by atoms with E-state index >= 15 is 0 Å². The number of nitrogens with one attached hydrogen (secondary N) is 1. The largest absolute Gasteiger partial charge is 0.386 e. The Morgan fingerprint density at radius 3 is 2.68 bits per heavy atom. The van der Waals surface area contributed by atoms with Crippen molar-refractivity contribution < 1.29 is 14.3 Å². The molecule has 1 amide bonds. The molecule has 0 spiro atoms. The van der Waals surface area contributed by atoms with E-state index in [0.717, 1.165) is 14.6 Å². The predicted octanol–water partition coefficient (Wildman–Crippen LogP) is 4.56. The molecule has 2 N–H and O–H groups in total. The number of hydrogen-bond donors (Lipinski definition) is 2. The summed E-state index contributed by atoms with van der Waals surface area (Å²) in [6.07, 6.45) is -0.724. The molecule has 1 aromatic carbocycles. The topological polar surface area (TPSA) is 49.3 Å². The van der Waals surface area contributed by atoms with Gasteiger partial charge in [-0.2, -0.15) is 0 Å². The van der Waals surface area contributed by atoms with Gasteiger partial charge in [0.2, 0.25) is 5.91 Å². The molecule has 0 saturated heterocycles. The molecular weight excluding hydrogens is 377 g/mol.